The van der Waals surface area contributed by atoms with E-state index in [1.54, 1.807) is 13.3 Å². The molecule has 0 bridgehead atoms. The Bertz CT molecular complexity index is 976. The zero-order valence-electron chi connectivity index (χ0n) is 21.9. The number of hydrogen-bond donors (Lipinski definition) is 4. The average molecular weight is 520 g/mol. The van der Waals surface area contributed by atoms with Crippen LogP contribution in [0.15, 0.2) is 30.5 Å². The Morgan fingerprint density at radius 1 is 1.11 bits per heavy atom. The lowest BCUT2D eigenvalue weighted by Crippen LogP contribution is -2.54. The van der Waals surface area contributed by atoms with Gasteiger partial charge in [-0.15, -0.1) is 0 Å². The van der Waals surface area contributed by atoms with E-state index in [-0.39, 0.29) is 12.6 Å². The molecular weight excluding hydrogens is 478 g/mol. The number of aliphatic hydroxyl groups excluding tert-OH is 2. The zero-order valence-corrected chi connectivity index (χ0v) is 21.9. The predicted molar refractivity (Wildman–Crippen MR) is 141 cm³/mol. The van der Waals surface area contributed by atoms with Gasteiger partial charge >= 0.3 is 11.9 Å². The number of methoxy groups -OCH3 is 1. The number of pyridine rings is 1. The Morgan fingerprint density at radius 3 is 2.49 bits per heavy atom. The lowest BCUT2D eigenvalue weighted by Gasteiger charge is -2.42. The van der Waals surface area contributed by atoms with Gasteiger partial charge in [-0.3, -0.25) is 9.88 Å². The first kappa shape index (κ1) is 30.4. The molecule has 10 nitrogen and oxygen atoms in total. The van der Waals surface area contributed by atoms with Crippen LogP contribution in [0, 0.1) is 0 Å². The summed E-state index contributed by atoms with van der Waals surface area (Å²) >= 11 is 0. The summed E-state index contributed by atoms with van der Waals surface area (Å²) in [5.41, 5.74) is 1.74. The van der Waals surface area contributed by atoms with Gasteiger partial charge in [0.1, 0.15) is 5.75 Å². The lowest BCUT2D eigenvalue weighted by molar-refractivity contribution is -0.159. The summed E-state index contributed by atoms with van der Waals surface area (Å²) < 4.78 is 5.37. The number of aliphatic hydroxyl groups is 2. The number of nitrogens with zero attached hydrogens (tertiary/aromatic N) is 3. The standard InChI is InChI=1S/C25H39N3O3.C2H2O4/c1-3-4-5-6-7-13-27-14-15-28(20(18-27)11-16-29)19-25(30)22-10-12-26-24-9-8-21(31-2)17-23(22)24;3-1(4)2(5)6/h8-10,12,17,20,25,29-30H,3-7,11,13-16,18-19H2,1-2H3;(H,3,4)(H,5,6)/t20-,25+;/m1./s1. The van der Waals surface area contributed by atoms with Gasteiger partial charge in [-0.2, -0.15) is 0 Å². The lowest BCUT2D eigenvalue weighted by atomic mass is 10.0. The molecule has 1 aromatic heterocycles. The molecule has 3 rings (SSSR count). The van der Waals surface area contributed by atoms with Gasteiger partial charge in [-0.25, -0.2) is 9.59 Å². The second-order valence-corrected chi connectivity index (χ2v) is 9.29. The van der Waals surface area contributed by atoms with Crippen LogP contribution in [0.2, 0.25) is 0 Å². The summed E-state index contributed by atoms with van der Waals surface area (Å²) in [4.78, 5) is 27.5. The largest absolute Gasteiger partial charge is 0.497 e. The molecule has 0 radical (unpaired) electrons. The molecule has 1 saturated heterocycles. The van der Waals surface area contributed by atoms with E-state index in [1.807, 2.05) is 24.3 Å². The number of aromatic nitrogens is 1. The van der Waals surface area contributed by atoms with Gasteiger partial charge in [0.05, 0.1) is 18.7 Å². The number of fused-ring (bicyclic) bond motifs is 1. The maximum Gasteiger partial charge on any atom is 0.414 e. The first-order valence-corrected chi connectivity index (χ1v) is 12.9. The highest BCUT2D eigenvalue weighted by Gasteiger charge is 2.28. The number of piperazine rings is 1. The third-order valence-corrected chi connectivity index (χ3v) is 6.66. The van der Waals surface area contributed by atoms with Crippen LogP contribution in [0.25, 0.3) is 10.9 Å². The molecule has 0 unspecified atom stereocenters. The van der Waals surface area contributed by atoms with Crippen molar-refractivity contribution >= 4 is 22.8 Å². The van der Waals surface area contributed by atoms with Crippen molar-refractivity contribution in [2.45, 2.75) is 57.6 Å². The molecule has 1 fully saturated rings. The number of carboxylic acids is 2. The normalized spacial score (nSPS) is 17.1. The van der Waals surface area contributed by atoms with Crippen LogP contribution in [-0.4, -0.2) is 99.6 Å². The van der Waals surface area contributed by atoms with E-state index in [2.05, 4.69) is 21.7 Å². The Labute approximate surface area is 218 Å². The van der Waals surface area contributed by atoms with E-state index < -0.39 is 18.0 Å². The molecule has 2 heterocycles. The topological polar surface area (TPSA) is 144 Å². The highest BCUT2D eigenvalue weighted by Crippen LogP contribution is 2.28. The molecule has 0 aliphatic carbocycles. The van der Waals surface area contributed by atoms with Gasteiger partial charge in [0.25, 0.3) is 0 Å². The van der Waals surface area contributed by atoms with E-state index >= 15 is 0 Å². The summed E-state index contributed by atoms with van der Waals surface area (Å²) in [5.74, 6) is -2.88. The van der Waals surface area contributed by atoms with Crippen molar-refractivity contribution in [2.24, 2.45) is 0 Å². The number of carbonyl (C=O) groups is 2. The van der Waals surface area contributed by atoms with Crippen LogP contribution in [0.3, 0.4) is 0 Å². The number of carboxylic acid groups (broad SMARTS) is 2. The quantitative estimate of drug-likeness (QED) is 0.244. The Kier molecular flexibility index (Phi) is 13.3. The van der Waals surface area contributed by atoms with Crippen LogP contribution >= 0.6 is 0 Å². The molecule has 2 atom stereocenters. The summed E-state index contributed by atoms with van der Waals surface area (Å²) in [5, 5.41) is 36.5. The molecule has 0 spiro atoms. The molecule has 4 N–H and O–H groups in total. The second-order valence-electron chi connectivity index (χ2n) is 9.29. The predicted octanol–water partition coefficient (Wildman–Crippen LogP) is 2.77. The average Bonchev–Trinajstić information content (AvgIpc) is 2.89. The maximum atomic E-state index is 11.1. The third kappa shape index (κ3) is 9.88. The van der Waals surface area contributed by atoms with Crippen LogP contribution in [-0.2, 0) is 9.59 Å². The Balaban J connectivity index is 0.000000717. The molecule has 37 heavy (non-hydrogen) atoms. The van der Waals surface area contributed by atoms with Crippen LogP contribution in [0.4, 0.5) is 0 Å². The summed E-state index contributed by atoms with van der Waals surface area (Å²) in [6.07, 6.45) is 8.37. The van der Waals surface area contributed by atoms with Crippen molar-refractivity contribution < 1.29 is 34.8 Å². The molecule has 1 aromatic carbocycles. The van der Waals surface area contributed by atoms with E-state index in [4.69, 9.17) is 24.5 Å². The van der Waals surface area contributed by atoms with Gasteiger partial charge in [0.15, 0.2) is 0 Å². The molecule has 206 valence electrons. The number of aliphatic carboxylic acids is 2. The molecule has 10 heteroatoms. The summed E-state index contributed by atoms with van der Waals surface area (Å²) in [7, 11) is 1.65. The number of β-amino-alcohol motifs (C(OH)–C–C–N with tert-alkyl or cyclic N) is 1. The van der Waals surface area contributed by atoms with E-state index in [9.17, 15) is 10.2 Å². The van der Waals surface area contributed by atoms with Gasteiger partial charge < -0.3 is 30.1 Å². The van der Waals surface area contributed by atoms with Gasteiger partial charge in [0, 0.05) is 50.4 Å². The Hall–Kier alpha value is -2.79. The molecule has 0 amide bonds. The van der Waals surface area contributed by atoms with Gasteiger partial charge in [0.2, 0.25) is 0 Å². The van der Waals surface area contributed by atoms with Crippen LogP contribution < -0.4 is 4.74 Å². The minimum Gasteiger partial charge on any atom is -0.497 e. The molecule has 1 aliphatic heterocycles. The highest BCUT2D eigenvalue weighted by atomic mass is 16.5. The molecule has 2 aromatic rings. The fourth-order valence-corrected chi connectivity index (χ4v) is 4.65. The van der Waals surface area contributed by atoms with Crippen LogP contribution in [0.1, 0.15) is 57.1 Å². The first-order valence-electron chi connectivity index (χ1n) is 12.9. The van der Waals surface area contributed by atoms with Gasteiger partial charge in [-0.1, -0.05) is 32.6 Å². The SMILES string of the molecule is CCCCCCCN1CCN(C[C@H](O)c2ccnc3ccc(OC)cc23)[C@H](CCO)C1.O=C(O)C(=O)O. The maximum absolute atomic E-state index is 11.1. The molecule has 1 aliphatic rings. The number of hydrogen-bond acceptors (Lipinski definition) is 8. The number of rotatable bonds is 12. The van der Waals surface area contributed by atoms with Crippen molar-refractivity contribution in [1.82, 2.24) is 14.8 Å². The number of benzene rings is 1. The first-order chi connectivity index (χ1) is 17.8. The van der Waals surface area contributed by atoms with E-state index in [0.29, 0.717) is 6.54 Å². The minimum atomic E-state index is -1.82. The van der Waals surface area contributed by atoms with Crippen molar-refractivity contribution in [1.29, 1.82) is 0 Å². The number of unbranched alkanes of at least 4 members (excludes halogenated alkanes) is 4. The van der Waals surface area contributed by atoms with Crippen molar-refractivity contribution in [3.63, 3.8) is 0 Å². The fourth-order valence-electron chi connectivity index (χ4n) is 4.65. The summed E-state index contributed by atoms with van der Waals surface area (Å²) in [6, 6.07) is 7.94. The second kappa shape index (κ2) is 16.1. The minimum absolute atomic E-state index is 0.178. The molecule has 0 saturated carbocycles. The monoisotopic (exact) mass is 519 g/mol. The number of ether oxygens (including phenoxy) is 1. The molecular formula is C27H41N3O7. The van der Waals surface area contributed by atoms with Crippen molar-refractivity contribution in [3.8, 4) is 5.75 Å². The van der Waals surface area contributed by atoms with Crippen LogP contribution in [0.5, 0.6) is 5.75 Å². The van der Waals surface area contributed by atoms with E-state index in [1.165, 1.54) is 32.1 Å². The highest BCUT2D eigenvalue weighted by molar-refractivity contribution is 6.27. The zero-order chi connectivity index (χ0) is 27.2. The van der Waals surface area contributed by atoms with Gasteiger partial charge in [-0.05, 0) is 49.2 Å². The van der Waals surface area contributed by atoms with E-state index in [0.717, 1.165) is 54.8 Å². The Morgan fingerprint density at radius 2 is 1.84 bits per heavy atom. The summed E-state index contributed by atoms with van der Waals surface area (Å²) in [6.45, 7) is 7.03. The van der Waals surface area contributed by atoms with Crippen molar-refractivity contribution in [3.05, 3.63) is 36.0 Å². The van der Waals surface area contributed by atoms with Crippen molar-refractivity contribution in [2.75, 3.05) is 46.4 Å². The third-order valence-electron chi connectivity index (χ3n) is 6.66. The smallest absolute Gasteiger partial charge is 0.414 e. The fraction of sp³-hybridized carbons (Fsp3) is 0.593.